The van der Waals surface area contributed by atoms with Crippen LogP contribution in [0.4, 0.5) is 0 Å². The minimum absolute atomic E-state index is 0.0273. The maximum Gasteiger partial charge on any atom is 0.316 e. The molecule has 0 aromatic heterocycles. The minimum atomic E-state index is -0.616. The Morgan fingerprint density at radius 2 is 1.79 bits per heavy atom. The zero-order valence-corrected chi connectivity index (χ0v) is 11.3. The molecule has 1 aromatic carbocycles. The first-order valence-corrected chi connectivity index (χ1v) is 6.02. The maximum absolute atomic E-state index is 11.9. The summed E-state index contributed by atoms with van der Waals surface area (Å²) < 4.78 is 15.0. The van der Waals surface area contributed by atoms with Crippen molar-refractivity contribution in [3.05, 3.63) is 29.8 Å². The topological polar surface area (TPSA) is 61.8 Å². The van der Waals surface area contributed by atoms with Crippen molar-refractivity contribution in [3.8, 4) is 5.75 Å². The number of carbonyl (C=O) groups excluding carboxylic acids is 2. The average molecular weight is 266 g/mol. The molecule has 0 amide bonds. The van der Waals surface area contributed by atoms with Crippen molar-refractivity contribution >= 4 is 11.9 Å². The third kappa shape index (κ3) is 4.62. The molecule has 0 heterocycles. The molecule has 0 spiro atoms. The molecule has 0 aliphatic heterocycles. The van der Waals surface area contributed by atoms with Gasteiger partial charge in [-0.1, -0.05) is 12.1 Å². The third-order valence-corrected chi connectivity index (χ3v) is 2.54. The standard InChI is InChI=1S/C14H18O5/c1-4-18-14(16)13(9-19-10(2)15)11-5-7-12(17-3)8-6-11/h5-8,13H,4,9H2,1-3H3/t13-/m1/s1. The monoisotopic (exact) mass is 266 g/mol. The van der Waals surface area contributed by atoms with E-state index < -0.39 is 17.9 Å². The second-order valence-corrected chi connectivity index (χ2v) is 3.88. The summed E-state index contributed by atoms with van der Waals surface area (Å²) in [6.45, 7) is 3.29. The fourth-order valence-corrected chi connectivity index (χ4v) is 1.58. The van der Waals surface area contributed by atoms with Crippen LogP contribution >= 0.6 is 0 Å². The fourth-order valence-electron chi connectivity index (χ4n) is 1.58. The Bertz CT molecular complexity index is 424. The number of hydrogen-bond acceptors (Lipinski definition) is 5. The van der Waals surface area contributed by atoms with E-state index in [1.807, 2.05) is 0 Å². The highest BCUT2D eigenvalue weighted by Crippen LogP contribution is 2.21. The molecule has 0 fully saturated rings. The van der Waals surface area contributed by atoms with E-state index in [0.29, 0.717) is 5.75 Å². The molecule has 0 saturated carbocycles. The number of esters is 2. The quantitative estimate of drug-likeness (QED) is 0.736. The number of methoxy groups -OCH3 is 1. The van der Waals surface area contributed by atoms with Gasteiger partial charge < -0.3 is 14.2 Å². The molecule has 19 heavy (non-hydrogen) atoms. The molecule has 0 radical (unpaired) electrons. The van der Waals surface area contributed by atoms with Gasteiger partial charge in [-0.05, 0) is 24.6 Å². The van der Waals surface area contributed by atoms with Gasteiger partial charge in [0.15, 0.2) is 0 Å². The van der Waals surface area contributed by atoms with E-state index in [9.17, 15) is 9.59 Å². The van der Waals surface area contributed by atoms with Crippen LogP contribution in [-0.2, 0) is 19.1 Å². The number of ether oxygens (including phenoxy) is 3. The predicted octanol–water partition coefficient (Wildman–Crippen LogP) is 1.91. The summed E-state index contributed by atoms with van der Waals surface area (Å²) in [5, 5.41) is 0. The Balaban J connectivity index is 2.86. The van der Waals surface area contributed by atoms with Gasteiger partial charge in [-0.2, -0.15) is 0 Å². The van der Waals surface area contributed by atoms with Crippen molar-refractivity contribution in [3.63, 3.8) is 0 Å². The van der Waals surface area contributed by atoms with Crippen LogP contribution in [0.5, 0.6) is 5.75 Å². The predicted molar refractivity (Wildman–Crippen MR) is 69.0 cm³/mol. The van der Waals surface area contributed by atoms with Gasteiger partial charge in [0.2, 0.25) is 0 Å². The average Bonchev–Trinajstić information content (AvgIpc) is 2.39. The van der Waals surface area contributed by atoms with Crippen molar-refractivity contribution < 1.29 is 23.8 Å². The van der Waals surface area contributed by atoms with Crippen LogP contribution in [0, 0.1) is 0 Å². The van der Waals surface area contributed by atoms with Crippen molar-refractivity contribution in [1.82, 2.24) is 0 Å². The lowest BCUT2D eigenvalue weighted by atomic mass is 10.00. The smallest absolute Gasteiger partial charge is 0.316 e. The first-order valence-electron chi connectivity index (χ1n) is 6.02. The molecule has 1 rings (SSSR count). The summed E-state index contributed by atoms with van der Waals surface area (Å²) in [5.41, 5.74) is 0.723. The van der Waals surface area contributed by atoms with Gasteiger partial charge in [0, 0.05) is 6.92 Å². The van der Waals surface area contributed by atoms with E-state index in [2.05, 4.69) is 0 Å². The van der Waals surface area contributed by atoms with Crippen molar-refractivity contribution in [2.24, 2.45) is 0 Å². The Hall–Kier alpha value is -2.04. The Labute approximate surface area is 112 Å². The molecule has 5 heteroatoms. The summed E-state index contributed by atoms with van der Waals surface area (Å²) in [6.07, 6.45) is 0. The number of carbonyl (C=O) groups is 2. The third-order valence-electron chi connectivity index (χ3n) is 2.54. The zero-order chi connectivity index (χ0) is 14.3. The minimum Gasteiger partial charge on any atom is -0.497 e. The van der Waals surface area contributed by atoms with E-state index in [1.165, 1.54) is 6.92 Å². The van der Waals surface area contributed by atoms with Crippen LogP contribution in [0.15, 0.2) is 24.3 Å². The van der Waals surface area contributed by atoms with Crippen molar-refractivity contribution in [2.45, 2.75) is 19.8 Å². The van der Waals surface area contributed by atoms with Crippen molar-refractivity contribution in [2.75, 3.05) is 20.3 Å². The van der Waals surface area contributed by atoms with Gasteiger partial charge >= 0.3 is 11.9 Å². The Kier molecular flexibility index (Phi) is 5.85. The SMILES string of the molecule is CCOC(=O)[C@H](COC(C)=O)c1ccc(OC)cc1. The lowest BCUT2D eigenvalue weighted by molar-refractivity contribution is -0.150. The van der Waals surface area contributed by atoms with Crippen LogP contribution in [-0.4, -0.2) is 32.3 Å². The molecule has 0 unspecified atom stereocenters. The normalized spacial score (nSPS) is 11.5. The van der Waals surface area contributed by atoms with Crippen LogP contribution in [0.3, 0.4) is 0 Å². The molecular formula is C14H18O5. The number of rotatable bonds is 6. The largest absolute Gasteiger partial charge is 0.497 e. The van der Waals surface area contributed by atoms with Crippen LogP contribution < -0.4 is 4.74 Å². The Morgan fingerprint density at radius 1 is 1.16 bits per heavy atom. The number of benzene rings is 1. The molecule has 104 valence electrons. The van der Waals surface area contributed by atoms with Gasteiger partial charge in [-0.15, -0.1) is 0 Å². The fraction of sp³-hybridized carbons (Fsp3) is 0.429. The highest BCUT2D eigenvalue weighted by atomic mass is 16.5. The summed E-state index contributed by atoms with van der Waals surface area (Å²) in [5.74, 6) is -0.759. The highest BCUT2D eigenvalue weighted by molar-refractivity contribution is 5.79. The molecule has 5 nitrogen and oxygen atoms in total. The van der Waals surface area contributed by atoms with E-state index in [0.717, 1.165) is 5.56 Å². The van der Waals surface area contributed by atoms with E-state index >= 15 is 0 Å². The van der Waals surface area contributed by atoms with Crippen LogP contribution in [0.2, 0.25) is 0 Å². The molecule has 0 N–H and O–H groups in total. The summed E-state index contributed by atoms with van der Waals surface area (Å²) >= 11 is 0. The first-order chi connectivity index (χ1) is 9.08. The molecule has 0 aliphatic carbocycles. The summed E-state index contributed by atoms with van der Waals surface area (Å²) in [6, 6.07) is 7.00. The molecule has 1 atom stereocenters. The summed E-state index contributed by atoms with van der Waals surface area (Å²) in [4.78, 5) is 22.7. The highest BCUT2D eigenvalue weighted by Gasteiger charge is 2.23. The maximum atomic E-state index is 11.9. The Morgan fingerprint density at radius 3 is 2.26 bits per heavy atom. The van der Waals surface area contributed by atoms with E-state index in [4.69, 9.17) is 14.2 Å². The molecule has 0 aliphatic rings. The molecule has 0 bridgehead atoms. The van der Waals surface area contributed by atoms with E-state index in [-0.39, 0.29) is 13.2 Å². The zero-order valence-electron chi connectivity index (χ0n) is 11.3. The van der Waals surface area contributed by atoms with Gasteiger partial charge in [0.05, 0.1) is 13.7 Å². The second-order valence-electron chi connectivity index (χ2n) is 3.88. The van der Waals surface area contributed by atoms with Crippen molar-refractivity contribution in [1.29, 1.82) is 0 Å². The second kappa shape index (κ2) is 7.41. The lowest BCUT2D eigenvalue weighted by Crippen LogP contribution is -2.22. The summed E-state index contributed by atoms with van der Waals surface area (Å²) in [7, 11) is 1.57. The number of hydrogen-bond donors (Lipinski definition) is 0. The molecule has 0 saturated heterocycles. The molecular weight excluding hydrogens is 248 g/mol. The van der Waals surface area contributed by atoms with Gasteiger partial charge in [-0.3, -0.25) is 9.59 Å². The van der Waals surface area contributed by atoms with Crippen LogP contribution in [0.25, 0.3) is 0 Å². The van der Waals surface area contributed by atoms with Crippen LogP contribution in [0.1, 0.15) is 25.3 Å². The van der Waals surface area contributed by atoms with E-state index in [1.54, 1.807) is 38.3 Å². The first kappa shape index (κ1) is 15.0. The van der Waals surface area contributed by atoms with Gasteiger partial charge in [0.1, 0.15) is 18.3 Å². The van der Waals surface area contributed by atoms with Gasteiger partial charge in [-0.25, -0.2) is 0 Å². The molecule has 1 aromatic rings. The lowest BCUT2D eigenvalue weighted by Gasteiger charge is -2.16. The van der Waals surface area contributed by atoms with Gasteiger partial charge in [0.25, 0.3) is 0 Å².